The van der Waals surface area contributed by atoms with Gasteiger partial charge < -0.3 is 10.2 Å². The molecule has 0 aliphatic carbocycles. The van der Waals surface area contributed by atoms with E-state index < -0.39 is 0 Å². The maximum Gasteiger partial charge on any atom is 0.00926 e. The molecule has 0 radical (unpaired) electrons. The lowest BCUT2D eigenvalue weighted by Crippen LogP contribution is -2.35. The molecule has 0 saturated carbocycles. The molecule has 1 heterocycles. The summed E-state index contributed by atoms with van der Waals surface area (Å²) in [6.07, 6.45) is 11.2. The number of rotatable bonds is 7. The fourth-order valence-electron chi connectivity index (χ4n) is 2.90. The molecule has 2 atom stereocenters. The number of nitrogens with one attached hydrogen (secondary N) is 1. The summed E-state index contributed by atoms with van der Waals surface area (Å²) in [7, 11) is 2.06. The number of hydrogen-bond donors (Lipinski definition) is 1. The lowest BCUT2D eigenvalue weighted by Gasteiger charge is -2.29. The zero-order valence-corrected chi connectivity index (χ0v) is 12.2. The molecule has 0 aromatic heterocycles. The van der Waals surface area contributed by atoms with Gasteiger partial charge in [-0.05, 0) is 59.2 Å². The lowest BCUT2D eigenvalue weighted by atomic mass is 10.1. The summed E-state index contributed by atoms with van der Waals surface area (Å²) < 4.78 is 0. The predicted octanol–water partition coefficient (Wildman–Crippen LogP) is 3.42. The van der Waals surface area contributed by atoms with Crippen LogP contribution in [0.25, 0.3) is 0 Å². The molecule has 0 spiro atoms. The Labute approximate surface area is 108 Å². The summed E-state index contributed by atoms with van der Waals surface area (Å²) in [5.74, 6) is 0. The minimum absolute atomic E-state index is 0.682. The molecule has 2 unspecified atom stereocenters. The number of unbranched alkanes of at least 4 members (excludes halogenated alkanes) is 1. The van der Waals surface area contributed by atoms with Gasteiger partial charge in [-0.3, -0.25) is 0 Å². The third kappa shape index (κ3) is 5.87. The SMILES string of the molecule is CCC1CCCCCN1CCCCC(C)NC. The van der Waals surface area contributed by atoms with E-state index >= 15 is 0 Å². The smallest absolute Gasteiger partial charge is 0.00926 e. The van der Waals surface area contributed by atoms with E-state index in [-0.39, 0.29) is 0 Å². The zero-order valence-electron chi connectivity index (χ0n) is 12.2. The first kappa shape index (κ1) is 15.0. The van der Waals surface area contributed by atoms with Crippen LogP contribution in [0.3, 0.4) is 0 Å². The Balaban J connectivity index is 2.18. The van der Waals surface area contributed by atoms with E-state index in [1.165, 1.54) is 64.5 Å². The molecule has 1 aliphatic rings. The van der Waals surface area contributed by atoms with Crippen molar-refractivity contribution >= 4 is 0 Å². The molecule has 1 fully saturated rings. The van der Waals surface area contributed by atoms with E-state index in [0.717, 1.165) is 6.04 Å². The molecule has 1 saturated heterocycles. The van der Waals surface area contributed by atoms with Gasteiger partial charge in [-0.15, -0.1) is 0 Å². The minimum atomic E-state index is 0.682. The first-order valence-corrected chi connectivity index (χ1v) is 7.69. The van der Waals surface area contributed by atoms with E-state index in [1.807, 2.05) is 0 Å². The van der Waals surface area contributed by atoms with Crippen LogP contribution in [-0.4, -0.2) is 37.1 Å². The Morgan fingerprint density at radius 2 is 2.06 bits per heavy atom. The average Bonchev–Trinajstić information content (AvgIpc) is 2.59. The van der Waals surface area contributed by atoms with E-state index in [9.17, 15) is 0 Å². The third-order valence-corrected chi connectivity index (χ3v) is 4.30. The standard InChI is InChI=1S/C15H32N2/c1-4-15-11-6-5-8-12-17(15)13-9-7-10-14(2)16-3/h14-16H,4-13H2,1-3H3. The van der Waals surface area contributed by atoms with Gasteiger partial charge in [0.25, 0.3) is 0 Å². The molecule has 2 heteroatoms. The molecule has 0 bridgehead atoms. The first-order chi connectivity index (χ1) is 8.27. The van der Waals surface area contributed by atoms with Crippen molar-refractivity contribution < 1.29 is 0 Å². The van der Waals surface area contributed by atoms with E-state index in [1.54, 1.807) is 0 Å². The molecular weight excluding hydrogens is 208 g/mol. The topological polar surface area (TPSA) is 15.3 Å². The van der Waals surface area contributed by atoms with Crippen molar-refractivity contribution in [2.75, 3.05) is 20.1 Å². The monoisotopic (exact) mass is 240 g/mol. The highest BCUT2D eigenvalue weighted by atomic mass is 15.1. The van der Waals surface area contributed by atoms with Crippen LogP contribution in [0.4, 0.5) is 0 Å². The van der Waals surface area contributed by atoms with Gasteiger partial charge in [0.2, 0.25) is 0 Å². The summed E-state index contributed by atoms with van der Waals surface area (Å²) in [6, 6.07) is 1.56. The molecule has 0 amide bonds. The molecule has 1 N–H and O–H groups in total. The van der Waals surface area contributed by atoms with Crippen molar-refractivity contribution in [1.82, 2.24) is 10.2 Å². The van der Waals surface area contributed by atoms with Crippen LogP contribution in [0.5, 0.6) is 0 Å². The summed E-state index contributed by atoms with van der Waals surface area (Å²) in [6.45, 7) is 7.31. The van der Waals surface area contributed by atoms with Gasteiger partial charge in [0.05, 0.1) is 0 Å². The molecule has 1 rings (SSSR count). The minimum Gasteiger partial charge on any atom is -0.317 e. The maximum atomic E-state index is 3.32. The van der Waals surface area contributed by atoms with Gasteiger partial charge in [0.1, 0.15) is 0 Å². The van der Waals surface area contributed by atoms with Gasteiger partial charge in [-0.2, -0.15) is 0 Å². The number of hydrogen-bond acceptors (Lipinski definition) is 2. The number of nitrogens with zero attached hydrogens (tertiary/aromatic N) is 1. The van der Waals surface area contributed by atoms with Crippen molar-refractivity contribution in [1.29, 1.82) is 0 Å². The molecule has 0 aromatic carbocycles. The first-order valence-electron chi connectivity index (χ1n) is 7.69. The van der Waals surface area contributed by atoms with Crippen LogP contribution >= 0.6 is 0 Å². The Morgan fingerprint density at radius 3 is 2.76 bits per heavy atom. The largest absolute Gasteiger partial charge is 0.317 e. The average molecular weight is 240 g/mol. The van der Waals surface area contributed by atoms with Crippen LogP contribution < -0.4 is 5.32 Å². The van der Waals surface area contributed by atoms with Crippen LogP contribution in [0.15, 0.2) is 0 Å². The Hall–Kier alpha value is -0.0800. The Morgan fingerprint density at radius 1 is 1.24 bits per heavy atom. The fourth-order valence-corrected chi connectivity index (χ4v) is 2.90. The van der Waals surface area contributed by atoms with Crippen molar-refractivity contribution in [3.8, 4) is 0 Å². The normalized spacial score (nSPS) is 24.5. The fraction of sp³-hybridized carbons (Fsp3) is 1.00. The summed E-state index contributed by atoms with van der Waals surface area (Å²) >= 11 is 0. The van der Waals surface area contributed by atoms with E-state index in [2.05, 4.69) is 31.1 Å². The van der Waals surface area contributed by atoms with Crippen molar-refractivity contribution in [3.05, 3.63) is 0 Å². The molecule has 1 aliphatic heterocycles. The predicted molar refractivity (Wildman–Crippen MR) is 76.5 cm³/mol. The highest BCUT2D eigenvalue weighted by molar-refractivity contribution is 4.74. The highest BCUT2D eigenvalue weighted by Gasteiger charge is 2.18. The highest BCUT2D eigenvalue weighted by Crippen LogP contribution is 2.19. The van der Waals surface area contributed by atoms with Gasteiger partial charge in [-0.25, -0.2) is 0 Å². The second-order valence-electron chi connectivity index (χ2n) is 5.63. The quantitative estimate of drug-likeness (QED) is 0.686. The molecular formula is C15H32N2. The van der Waals surface area contributed by atoms with Crippen molar-refractivity contribution in [2.24, 2.45) is 0 Å². The third-order valence-electron chi connectivity index (χ3n) is 4.30. The Bertz CT molecular complexity index is 182. The van der Waals surface area contributed by atoms with Crippen LogP contribution in [0.2, 0.25) is 0 Å². The molecule has 102 valence electrons. The van der Waals surface area contributed by atoms with E-state index in [0.29, 0.717) is 6.04 Å². The van der Waals surface area contributed by atoms with Gasteiger partial charge in [0.15, 0.2) is 0 Å². The maximum absolute atomic E-state index is 3.32. The van der Waals surface area contributed by atoms with E-state index in [4.69, 9.17) is 0 Å². The van der Waals surface area contributed by atoms with Gasteiger partial charge in [-0.1, -0.05) is 26.2 Å². The zero-order chi connectivity index (χ0) is 12.5. The van der Waals surface area contributed by atoms with Gasteiger partial charge in [0, 0.05) is 12.1 Å². The van der Waals surface area contributed by atoms with Crippen molar-refractivity contribution in [3.63, 3.8) is 0 Å². The van der Waals surface area contributed by atoms with Crippen molar-refractivity contribution in [2.45, 2.75) is 77.3 Å². The number of likely N-dealkylation sites (tertiary alicyclic amines) is 1. The molecule has 17 heavy (non-hydrogen) atoms. The van der Waals surface area contributed by atoms with Crippen LogP contribution in [0, 0.1) is 0 Å². The molecule has 2 nitrogen and oxygen atoms in total. The summed E-state index contributed by atoms with van der Waals surface area (Å²) in [5.41, 5.74) is 0. The van der Waals surface area contributed by atoms with Crippen LogP contribution in [0.1, 0.15) is 65.2 Å². The lowest BCUT2D eigenvalue weighted by molar-refractivity contribution is 0.190. The summed E-state index contributed by atoms with van der Waals surface area (Å²) in [4.78, 5) is 2.76. The second kappa shape index (κ2) is 8.93. The summed E-state index contributed by atoms with van der Waals surface area (Å²) in [5, 5.41) is 3.32. The second-order valence-corrected chi connectivity index (χ2v) is 5.63. The molecule has 0 aromatic rings. The van der Waals surface area contributed by atoms with Crippen LogP contribution in [-0.2, 0) is 0 Å². The van der Waals surface area contributed by atoms with Gasteiger partial charge >= 0.3 is 0 Å². The Kier molecular flexibility index (Phi) is 7.87.